The first-order valence-electron chi connectivity index (χ1n) is 9.31. The summed E-state index contributed by atoms with van der Waals surface area (Å²) in [5, 5.41) is 0. The lowest BCUT2D eigenvalue weighted by Crippen LogP contribution is -2.39. The number of hydrogen-bond donors (Lipinski definition) is 0. The van der Waals surface area contributed by atoms with E-state index in [0.717, 1.165) is 43.9 Å². The van der Waals surface area contributed by atoms with Crippen LogP contribution in [-0.2, 0) is 16.3 Å². The summed E-state index contributed by atoms with van der Waals surface area (Å²) in [7, 11) is -3.29. The standard InChI is InChI=1S/C20H26N3O3S/c1-4-16-13-21-20(22-14-16)23-10-8-17(9-11-23)15(2)26-18-6-5-7-19(12-18)27(3,24)25/h5-6,12-15,17H,4,8-11H2,1-3H3. The lowest BCUT2D eigenvalue weighted by Gasteiger charge is -2.34. The second-order valence-electron chi connectivity index (χ2n) is 7.05. The number of hydrogen-bond acceptors (Lipinski definition) is 6. The van der Waals surface area contributed by atoms with Crippen LogP contribution in [0.1, 0.15) is 32.3 Å². The van der Waals surface area contributed by atoms with E-state index in [1.807, 2.05) is 19.3 Å². The zero-order valence-corrected chi connectivity index (χ0v) is 16.9. The van der Waals surface area contributed by atoms with Crippen LogP contribution in [0.3, 0.4) is 0 Å². The fourth-order valence-corrected chi connectivity index (χ4v) is 3.90. The van der Waals surface area contributed by atoms with Crippen molar-refractivity contribution in [2.75, 3.05) is 24.2 Å². The second kappa shape index (κ2) is 8.25. The quantitative estimate of drug-likeness (QED) is 0.758. The Balaban J connectivity index is 1.57. The van der Waals surface area contributed by atoms with Crippen LogP contribution >= 0.6 is 0 Å². The number of aryl methyl sites for hydroxylation is 1. The Bertz CT molecular complexity index is 860. The fourth-order valence-electron chi connectivity index (χ4n) is 3.29. The van der Waals surface area contributed by atoms with E-state index in [9.17, 15) is 8.42 Å². The van der Waals surface area contributed by atoms with Gasteiger partial charge in [-0.25, -0.2) is 18.4 Å². The molecular formula is C20H26N3O3S. The highest BCUT2D eigenvalue weighted by atomic mass is 32.2. The first-order chi connectivity index (χ1) is 12.9. The van der Waals surface area contributed by atoms with Gasteiger partial charge in [-0.05, 0) is 55.9 Å². The minimum Gasteiger partial charge on any atom is -0.490 e. The minimum absolute atomic E-state index is 0.00495. The Kier molecular flexibility index (Phi) is 5.99. The summed E-state index contributed by atoms with van der Waals surface area (Å²) in [5.41, 5.74) is 1.14. The molecule has 0 amide bonds. The number of sulfone groups is 1. The maximum atomic E-state index is 11.7. The smallest absolute Gasteiger partial charge is 0.225 e. The zero-order valence-electron chi connectivity index (χ0n) is 16.1. The van der Waals surface area contributed by atoms with Crippen LogP contribution in [-0.4, -0.2) is 43.8 Å². The molecule has 0 spiro atoms. The summed E-state index contributed by atoms with van der Waals surface area (Å²) in [6.45, 7) is 5.92. The Labute approximate surface area is 161 Å². The summed E-state index contributed by atoms with van der Waals surface area (Å²) in [6, 6.07) is 7.64. The normalized spacial score (nSPS) is 16.9. The number of piperidine rings is 1. The van der Waals surface area contributed by atoms with Crippen molar-refractivity contribution >= 4 is 15.8 Å². The van der Waals surface area contributed by atoms with Gasteiger partial charge in [-0.2, -0.15) is 0 Å². The Hall–Kier alpha value is -2.15. The van der Waals surface area contributed by atoms with Crippen LogP contribution in [0.4, 0.5) is 5.95 Å². The van der Waals surface area contributed by atoms with E-state index in [4.69, 9.17) is 4.74 Å². The zero-order chi connectivity index (χ0) is 19.4. The number of rotatable bonds is 6. The molecule has 0 N–H and O–H groups in total. The monoisotopic (exact) mass is 388 g/mol. The summed E-state index contributed by atoms with van der Waals surface area (Å²) in [5.74, 6) is 1.76. The molecule has 6 nitrogen and oxygen atoms in total. The molecule has 7 heteroatoms. The van der Waals surface area contributed by atoms with Crippen molar-refractivity contribution in [2.24, 2.45) is 5.92 Å². The summed E-state index contributed by atoms with van der Waals surface area (Å²) >= 11 is 0. The van der Waals surface area contributed by atoms with Crippen molar-refractivity contribution in [3.8, 4) is 5.75 Å². The molecule has 0 aliphatic carbocycles. The number of benzene rings is 1. The van der Waals surface area contributed by atoms with Gasteiger partial charge in [0.05, 0.1) is 11.0 Å². The van der Waals surface area contributed by atoms with Gasteiger partial charge in [0, 0.05) is 37.8 Å². The molecule has 1 aromatic heterocycles. The summed E-state index contributed by atoms with van der Waals surface area (Å²) < 4.78 is 29.4. The van der Waals surface area contributed by atoms with E-state index < -0.39 is 9.84 Å². The summed E-state index contributed by atoms with van der Waals surface area (Å²) in [4.78, 5) is 11.3. The highest BCUT2D eigenvalue weighted by Crippen LogP contribution is 2.27. The number of anilines is 1. The summed E-state index contributed by atoms with van der Waals surface area (Å²) in [6.07, 6.45) is 7.88. The predicted molar refractivity (Wildman–Crippen MR) is 105 cm³/mol. The fraction of sp³-hybridized carbons (Fsp3) is 0.500. The third-order valence-corrected chi connectivity index (χ3v) is 6.09. The van der Waals surface area contributed by atoms with Crippen LogP contribution in [0.5, 0.6) is 5.75 Å². The molecule has 2 heterocycles. The van der Waals surface area contributed by atoms with Gasteiger partial charge in [0.15, 0.2) is 9.84 Å². The number of nitrogens with zero attached hydrogens (tertiary/aromatic N) is 3. The van der Waals surface area contributed by atoms with E-state index in [0.29, 0.717) is 11.7 Å². The van der Waals surface area contributed by atoms with E-state index in [-0.39, 0.29) is 11.0 Å². The lowest BCUT2D eigenvalue weighted by molar-refractivity contribution is 0.132. The molecule has 1 saturated heterocycles. The van der Waals surface area contributed by atoms with Gasteiger partial charge in [0.2, 0.25) is 5.95 Å². The molecular weight excluding hydrogens is 362 g/mol. The highest BCUT2D eigenvalue weighted by molar-refractivity contribution is 7.90. The van der Waals surface area contributed by atoms with Gasteiger partial charge >= 0.3 is 0 Å². The molecule has 3 rings (SSSR count). The average molecular weight is 389 g/mol. The van der Waals surface area contributed by atoms with Crippen LogP contribution in [0.25, 0.3) is 0 Å². The molecule has 1 atom stereocenters. The van der Waals surface area contributed by atoms with Crippen molar-refractivity contribution in [2.45, 2.75) is 44.1 Å². The van der Waals surface area contributed by atoms with Gasteiger partial charge in [0.25, 0.3) is 0 Å². The highest BCUT2D eigenvalue weighted by Gasteiger charge is 2.26. The largest absolute Gasteiger partial charge is 0.490 e. The molecule has 2 aromatic rings. The molecule has 0 saturated carbocycles. The minimum atomic E-state index is -3.29. The lowest BCUT2D eigenvalue weighted by atomic mass is 9.92. The van der Waals surface area contributed by atoms with Crippen molar-refractivity contribution < 1.29 is 13.2 Å². The van der Waals surface area contributed by atoms with Crippen LogP contribution in [0.2, 0.25) is 0 Å². The molecule has 1 aromatic carbocycles. The Morgan fingerprint density at radius 1 is 1.30 bits per heavy atom. The third-order valence-electron chi connectivity index (χ3n) is 5.05. The number of aromatic nitrogens is 2. The van der Waals surface area contributed by atoms with Crippen molar-refractivity contribution in [1.29, 1.82) is 0 Å². The maximum absolute atomic E-state index is 11.7. The van der Waals surface area contributed by atoms with Gasteiger partial charge in [0.1, 0.15) is 5.75 Å². The maximum Gasteiger partial charge on any atom is 0.225 e. The third kappa shape index (κ3) is 4.97. The van der Waals surface area contributed by atoms with Gasteiger partial charge in [-0.1, -0.05) is 6.92 Å². The van der Waals surface area contributed by atoms with E-state index in [1.54, 1.807) is 18.2 Å². The van der Waals surface area contributed by atoms with Crippen molar-refractivity contribution in [1.82, 2.24) is 9.97 Å². The van der Waals surface area contributed by atoms with Gasteiger partial charge in [-0.3, -0.25) is 0 Å². The van der Waals surface area contributed by atoms with Crippen LogP contribution < -0.4 is 9.64 Å². The Morgan fingerprint density at radius 3 is 2.56 bits per heavy atom. The molecule has 1 radical (unpaired) electrons. The molecule has 0 bridgehead atoms. The molecule has 1 fully saturated rings. The van der Waals surface area contributed by atoms with E-state index in [2.05, 4.69) is 27.9 Å². The predicted octanol–water partition coefficient (Wildman–Crippen LogP) is 2.93. The molecule has 1 unspecified atom stereocenters. The van der Waals surface area contributed by atoms with Gasteiger partial charge in [-0.15, -0.1) is 0 Å². The van der Waals surface area contributed by atoms with E-state index >= 15 is 0 Å². The topological polar surface area (TPSA) is 72.4 Å². The number of ether oxygens (including phenoxy) is 1. The van der Waals surface area contributed by atoms with Crippen LogP contribution in [0.15, 0.2) is 35.5 Å². The molecule has 1 aliphatic rings. The Morgan fingerprint density at radius 2 is 1.96 bits per heavy atom. The first kappa shape index (κ1) is 19.6. The molecule has 145 valence electrons. The van der Waals surface area contributed by atoms with Crippen molar-refractivity contribution in [3.63, 3.8) is 0 Å². The van der Waals surface area contributed by atoms with Gasteiger partial charge < -0.3 is 9.64 Å². The molecule has 27 heavy (non-hydrogen) atoms. The van der Waals surface area contributed by atoms with E-state index in [1.165, 1.54) is 6.26 Å². The van der Waals surface area contributed by atoms with Crippen molar-refractivity contribution in [3.05, 3.63) is 42.2 Å². The van der Waals surface area contributed by atoms with Crippen LogP contribution in [0, 0.1) is 12.0 Å². The second-order valence-corrected chi connectivity index (χ2v) is 9.04. The first-order valence-corrected chi connectivity index (χ1v) is 11.2. The molecule has 1 aliphatic heterocycles. The average Bonchev–Trinajstić information content (AvgIpc) is 2.68. The SMILES string of the molecule is CCc1cnc(N2CCC(C(C)Oc3cc[c]c(S(C)(=O)=O)c3)CC2)nc1.